The number of fused-ring (bicyclic) bond motifs is 1. The highest BCUT2D eigenvalue weighted by molar-refractivity contribution is 14.1. The Morgan fingerprint density at radius 1 is 1.06 bits per heavy atom. The Hall–Kier alpha value is -1.76. The van der Waals surface area contributed by atoms with E-state index in [1.165, 1.54) is 0 Å². The summed E-state index contributed by atoms with van der Waals surface area (Å²) in [4.78, 5) is 13.0. The molecule has 0 fully saturated rings. The number of para-hydroxylation sites is 1. The lowest BCUT2D eigenvalue weighted by Gasteiger charge is -2.05. The number of hydrogen-bond acceptors (Lipinski definition) is 4. The van der Waals surface area contributed by atoms with E-state index in [9.17, 15) is 0 Å². The van der Waals surface area contributed by atoms with Crippen molar-refractivity contribution in [1.82, 2.24) is 15.0 Å². The van der Waals surface area contributed by atoms with Crippen LogP contribution in [0.1, 0.15) is 0 Å². The average Bonchev–Trinajstić information content (AvgIpc) is 2.41. The van der Waals surface area contributed by atoms with Gasteiger partial charge in [-0.3, -0.25) is 4.98 Å². The minimum absolute atomic E-state index is 0.494. The topological polar surface area (TPSA) is 64.7 Å². The molecule has 0 saturated carbocycles. The summed E-state index contributed by atoms with van der Waals surface area (Å²) in [5, 5.41) is 1.07. The van der Waals surface area contributed by atoms with Crippen LogP contribution < -0.4 is 5.73 Å². The van der Waals surface area contributed by atoms with Crippen LogP contribution in [0.2, 0.25) is 0 Å². The summed E-state index contributed by atoms with van der Waals surface area (Å²) in [5.74, 6) is 1.10. The molecule has 0 bridgehead atoms. The maximum absolute atomic E-state index is 5.82. The number of benzene rings is 1. The Kier molecular flexibility index (Phi) is 2.83. The lowest BCUT2D eigenvalue weighted by atomic mass is 10.1. The molecule has 1 aromatic carbocycles. The molecule has 0 aliphatic rings. The van der Waals surface area contributed by atoms with Gasteiger partial charge in [0.05, 0.1) is 9.09 Å². The first-order chi connectivity index (χ1) is 8.75. The molecule has 5 heteroatoms. The standard InChI is InChI=1S/C13H9IN4/c14-10-7-17-13(18-12(10)15)9-5-1-3-8-4-2-6-16-11(8)9/h1-7H,(H2,15,17,18). The van der Waals surface area contributed by atoms with Gasteiger partial charge in [-0.2, -0.15) is 0 Å². The molecule has 0 aliphatic heterocycles. The summed E-state index contributed by atoms with van der Waals surface area (Å²) >= 11 is 2.11. The van der Waals surface area contributed by atoms with Gasteiger partial charge in [-0.05, 0) is 34.7 Å². The first-order valence-corrected chi connectivity index (χ1v) is 6.46. The van der Waals surface area contributed by atoms with Gasteiger partial charge in [0.15, 0.2) is 5.82 Å². The van der Waals surface area contributed by atoms with Gasteiger partial charge in [0.25, 0.3) is 0 Å². The van der Waals surface area contributed by atoms with Gasteiger partial charge >= 0.3 is 0 Å². The van der Waals surface area contributed by atoms with Gasteiger partial charge in [0.1, 0.15) is 5.82 Å². The van der Waals surface area contributed by atoms with Crippen LogP contribution in [0.25, 0.3) is 22.3 Å². The number of rotatable bonds is 1. The van der Waals surface area contributed by atoms with E-state index in [0.717, 1.165) is 20.0 Å². The van der Waals surface area contributed by atoms with E-state index < -0.39 is 0 Å². The van der Waals surface area contributed by atoms with Crippen molar-refractivity contribution in [3.8, 4) is 11.4 Å². The minimum atomic E-state index is 0.494. The number of nitrogens with two attached hydrogens (primary N) is 1. The zero-order valence-electron chi connectivity index (χ0n) is 9.34. The Labute approximate surface area is 117 Å². The highest BCUT2D eigenvalue weighted by Gasteiger charge is 2.08. The van der Waals surface area contributed by atoms with Crippen molar-refractivity contribution in [2.75, 3.05) is 5.73 Å². The highest BCUT2D eigenvalue weighted by Crippen LogP contribution is 2.25. The van der Waals surface area contributed by atoms with Gasteiger partial charge in [0.2, 0.25) is 0 Å². The molecule has 0 atom stereocenters. The monoisotopic (exact) mass is 348 g/mol. The SMILES string of the molecule is Nc1nc(-c2cccc3cccnc23)ncc1I. The molecule has 2 aromatic heterocycles. The molecule has 3 rings (SSSR count). The molecule has 0 aliphatic carbocycles. The van der Waals surface area contributed by atoms with Crippen LogP contribution in [0, 0.1) is 3.57 Å². The summed E-state index contributed by atoms with van der Waals surface area (Å²) < 4.78 is 0.851. The van der Waals surface area contributed by atoms with Crippen LogP contribution in [-0.4, -0.2) is 15.0 Å². The van der Waals surface area contributed by atoms with Crippen molar-refractivity contribution in [3.63, 3.8) is 0 Å². The maximum Gasteiger partial charge on any atom is 0.163 e. The van der Waals surface area contributed by atoms with Crippen LogP contribution in [0.3, 0.4) is 0 Å². The molecule has 3 aromatic rings. The fourth-order valence-electron chi connectivity index (χ4n) is 1.79. The van der Waals surface area contributed by atoms with Crippen molar-refractivity contribution < 1.29 is 0 Å². The molecule has 0 radical (unpaired) electrons. The summed E-state index contributed by atoms with van der Waals surface area (Å²) in [6.07, 6.45) is 3.49. The summed E-state index contributed by atoms with van der Waals surface area (Å²) in [7, 11) is 0. The van der Waals surface area contributed by atoms with Crippen molar-refractivity contribution in [1.29, 1.82) is 0 Å². The van der Waals surface area contributed by atoms with Crippen LogP contribution in [0.15, 0.2) is 42.7 Å². The molecule has 2 heterocycles. The fraction of sp³-hybridized carbons (Fsp3) is 0. The van der Waals surface area contributed by atoms with E-state index in [1.807, 2.05) is 30.3 Å². The van der Waals surface area contributed by atoms with Gasteiger partial charge in [-0.25, -0.2) is 9.97 Å². The number of nitrogens with zero attached hydrogens (tertiary/aromatic N) is 3. The Balaban J connectivity index is 2.28. The molecular weight excluding hydrogens is 339 g/mol. The third-order valence-corrected chi connectivity index (χ3v) is 3.48. The smallest absolute Gasteiger partial charge is 0.163 e. The highest BCUT2D eigenvalue weighted by atomic mass is 127. The Morgan fingerprint density at radius 2 is 1.89 bits per heavy atom. The van der Waals surface area contributed by atoms with E-state index in [2.05, 4.69) is 37.5 Å². The summed E-state index contributed by atoms with van der Waals surface area (Å²) in [6.45, 7) is 0. The van der Waals surface area contributed by atoms with Crippen LogP contribution >= 0.6 is 22.6 Å². The maximum atomic E-state index is 5.82. The van der Waals surface area contributed by atoms with Crippen LogP contribution in [0.5, 0.6) is 0 Å². The van der Waals surface area contributed by atoms with E-state index >= 15 is 0 Å². The second-order valence-corrected chi connectivity index (χ2v) is 4.97. The Bertz CT molecular complexity index is 722. The predicted molar refractivity (Wildman–Crippen MR) is 79.9 cm³/mol. The molecule has 2 N–H and O–H groups in total. The van der Waals surface area contributed by atoms with Crippen LogP contribution in [0.4, 0.5) is 5.82 Å². The minimum Gasteiger partial charge on any atom is -0.383 e. The van der Waals surface area contributed by atoms with E-state index in [0.29, 0.717) is 11.6 Å². The molecule has 0 spiro atoms. The van der Waals surface area contributed by atoms with Gasteiger partial charge in [-0.1, -0.05) is 18.2 Å². The van der Waals surface area contributed by atoms with Gasteiger partial charge in [0, 0.05) is 23.3 Å². The molecule has 18 heavy (non-hydrogen) atoms. The first kappa shape index (κ1) is 11.3. The van der Waals surface area contributed by atoms with Crippen LogP contribution in [-0.2, 0) is 0 Å². The second kappa shape index (κ2) is 4.49. The molecule has 0 amide bonds. The van der Waals surface area contributed by atoms with Crippen molar-refractivity contribution >= 4 is 39.3 Å². The number of aromatic nitrogens is 3. The van der Waals surface area contributed by atoms with E-state index in [1.54, 1.807) is 12.4 Å². The van der Waals surface area contributed by atoms with Crippen molar-refractivity contribution in [3.05, 3.63) is 46.3 Å². The van der Waals surface area contributed by atoms with E-state index in [-0.39, 0.29) is 0 Å². The van der Waals surface area contributed by atoms with Crippen molar-refractivity contribution in [2.24, 2.45) is 0 Å². The number of hydrogen-bond donors (Lipinski definition) is 1. The zero-order valence-corrected chi connectivity index (χ0v) is 11.5. The lowest BCUT2D eigenvalue weighted by molar-refractivity contribution is 1.17. The molecule has 4 nitrogen and oxygen atoms in total. The predicted octanol–water partition coefficient (Wildman–Crippen LogP) is 2.88. The normalized spacial score (nSPS) is 10.7. The Morgan fingerprint density at radius 3 is 2.72 bits per heavy atom. The third-order valence-electron chi connectivity index (χ3n) is 2.64. The molecule has 0 unspecified atom stereocenters. The number of halogens is 1. The zero-order chi connectivity index (χ0) is 12.5. The van der Waals surface area contributed by atoms with Gasteiger partial charge in [-0.15, -0.1) is 0 Å². The van der Waals surface area contributed by atoms with E-state index in [4.69, 9.17) is 5.73 Å². The largest absolute Gasteiger partial charge is 0.383 e. The summed E-state index contributed by atoms with van der Waals surface area (Å²) in [6, 6.07) is 9.87. The third kappa shape index (κ3) is 1.90. The molecule has 88 valence electrons. The number of anilines is 1. The van der Waals surface area contributed by atoms with Crippen molar-refractivity contribution in [2.45, 2.75) is 0 Å². The molecular formula is C13H9IN4. The lowest BCUT2D eigenvalue weighted by Crippen LogP contribution is -1.99. The summed E-state index contributed by atoms with van der Waals surface area (Å²) in [5.41, 5.74) is 7.61. The first-order valence-electron chi connectivity index (χ1n) is 5.38. The fourth-order valence-corrected chi connectivity index (χ4v) is 2.05. The van der Waals surface area contributed by atoms with Gasteiger partial charge < -0.3 is 5.73 Å². The average molecular weight is 348 g/mol. The number of nitrogen functional groups attached to an aromatic ring is 1. The quantitative estimate of drug-likeness (QED) is 0.687. The number of pyridine rings is 1. The second-order valence-electron chi connectivity index (χ2n) is 3.81. The molecule has 0 saturated heterocycles.